The van der Waals surface area contributed by atoms with E-state index >= 15 is 0 Å². The van der Waals surface area contributed by atoms with Gasteiger partial charge in [-0.3, -0.25) is 4.79 Å². The predicted molar refractivity (Wildman–Crippen MR) is 109 cm³/mol. The fraction of sp³-hybridized carbons (Fsp3) is 0.391. The summed E-state index contributed by atoms with van der Waals surface area (Å²) >= 11 is 0. The van der Waals surface area contributed by atoms with Gasteiger partial charge in [-0.05, 0) is 62.9 Å². The quantitative estimate of drug-likeness (QED) is 0.580. The zero-order chi connectivity index (χ0) is 19.4. The molecule has 0 unspecified atom stereocenters. The summed E-state index contributed by atoms with van der Waals surface area (Å²) in [6, 6.07) is 12.3. The SMILES string of the molecule is Cc1ccccc1NC(=O)C(C#N)=Cc1cc(C)n(C2CCCCC2)c1C. The monoisotopic (exact) mass is 361 g/mol. The summed E-state index contributed by atoms with van der Waals surface area (Å²) in [5, 5.41) is 12.4. The molecule has 1 saturated carbocycles. The molecule has 0 spiro atoms. The molecule has 0 bridgehead atoms. The van der Waals surface area contributed by atoms with E-state index in [9.17, 15) is 10.1 Å². The highest BCUT2D eigenvalue weighted by Gasteiger charge is 2.20. The van der Waals surface area contributed by atoms with Gasteiger partial charge in [0.15, 0.2) is 0 Å². The first kappa shape index (κ1) is 19.0. The Morgan fingerprint density at radius 2 is 1.89 bits per heavy atom. The molecule has 0 aliphatic heterocycles. The fourth-order valence-electron chi connectivity index (χ4n) is 4.06. The van der Waals surface area contributed by atoms with Crippen LogP contribution in [-0.4, -0.2) is 10.5 Å². The third-order valence-electron chi connectivity index (χ3n) is 5.52. The van der Waals surface area contributed by atoms with Crippen molar-refractivity contribution in [2.75, 3.05) is 5.32 Å². The van der Waals surface area contributed by atoms with Crippen LogP contribution in [0.2, 0.25) is 0 Å². The number of amides is 1. The van der Waals surface area contributed by atoms with Gasteiger partial charge in [-0.25, -0.2) is 0 Å². The van der Waals surface area contributed by atoms with Crippen LogP contribution in [0.5, 0.6) is 0 Å². The van der Waals surface area contributed by atoms with Gasteiger partial charge < -0.3 is 9.88 Å². The van der Waals surface area contributed by atoms with Crippen molar-refractivity contribution in [3.05, 3.63) is 58.4 Å². The highest BCUT2D eigenvalue weighted by atomic mass is 16.1. The van der Waals surface area contributed by atoms with Crippen molar-refractivity contribution in [3.8, 4) is 6.07 Å². The number of aryl methyl sites for hydroxylation is 2. The van der Waals surface area contributed by atoms with E-state index in [0.29, 0.717) is 6.04 Å². The average molecular weight is 361 g/mol. The lowest BCUT2D eigenvalue weighted by molar-refractivity contribution is -0.112. The van der Waals surface area contributed by atoms with E-state index in [-0.39, 0.29) is 11.5 Å². The van der Waals surface area contributed by atoms with Crippen LogP contribution >= 0.6 is 0 Å². The fourth-order valence-corrected chi connectivity index (χ4v) is 4.06. The van der Waals surface area contributed by atoms with Crippen LogP contribution in [0, 0.1) is 32.1 Å². The molecule has 1 aromatic carbocycles. The van der Waals surface area contributed by atoms with Crippen LogP contribution in [0.15, 0.2) is 35.9 Å². The minimum absolute atomic E-state index is 0.127. The summed E-state index contributed by atoms with van der Waals surface area (Å²) in [6.45, 7) is 6.13. The number of para-hydroxylation sites is 1. The molecule has 0 radical (unpaired) electrons. The third-order valence-corrected chi connectivity index (χ3v) is 5.52. The van der Waals surface area contributed by atoms with Crippen LogP contribution < -0.4 is 5.32 Å². The van der Waals surface area contributed by atoms with Gasteiger partial charge in [0, 0.05) is 23.1 Å². The summed E-state index contributed by atoms with van der Waals surface area (Å²) in [7, 11) is 0. The van der Waals surface area contributed by atoms with Crippen LogP contribution in [0.4, 0.5) is 5.69 Å². The number of nitrogens with one attached hydrogen (secondary N) is 1. The van der Waals surface area contributed by atoms with Gasteiger partial charge in [-0.15, -0.1) is 0 Å². The topological polar surface area (TPSA) is 57.8 Å². The summed E-state index contributed by atoms with van der Waals surface area (Å²) in [6.07, 6.45) is 8.00. The molecule has 0 saturated heterocycles. The lowest BCUT2D eigenvalue weighted by Crippen LogP contribution is -2.15. The molecule has 4 nitrogen and oxygen atoms in total. The van der Waals surface area contributed by atoms with E-state index in [0.717, 1.165) is 22.5 Å². The second-order valence-corrected chi connectivity index (χ2v) is 7.43. The Labute approximate surface area is 161 Å². The Bertz CT molecular complexity index is 908. The molecule has 2 aromatic rings. The molecule has 27 heavy (non-hydrogen) atoms. The molecule has 1 aromatic heterocycles. The van der Waals surface area contributed by atoms with Crippen molar-refractivity contribution in [1.29, 1.82) is 5.26 Å². The Hall–Kier alpha value is -2.80. The van der Waals surface area contributed by atoms with Crippen LogP contribution in [0.3, 0.4) is 0 Å². The van der Waals surface area contributed by atoms with Crippen molar-refractivity contribution in [1.82, 2.24) is 4.57 Å². The first-order chi connectivity index (χ1) is 13.0. The second kappa shape index (κ2) is 8.26. The molecule has 140 valence electrons. The van der Waals surface area contributed by atoms with Crippen LogP contribution in [0.1, 0.15) is 60.7 Å². The van der Waals surface area contributed by atoms with Gasteiger partial charge in [0.25, 0.3) is 5.91 Å². The van der Waals surface area contributed by atoms with E-state index in [2.05, 4.69) is 35.9 Å². The van der Waals surface area contributed by atoms with Gasteiger partial charge in [-0.1, -0.05) is 37.5 Å². The van der Waals surface area contributed by atoms with Crippen molar-refractivity contribution >= 4 is 17.7 Å². The smallest absolute Gasteiger partial charge is 0.266 e. The molecular formula is C23H27N3O. The lowest BCUT2D eigenvalue weighted by Gasteiger charge is -2.26. The molecule has 1 aliphatic carbocycles. The number of nitrogens with zero attached hydrogens (tertiary/aromatic N) is 2. The molecule has 1 N–H and O–H groups in total. The summed E-state index contributed by atoms with van der Waals surface area (Å²) in [5.74, 6) is -0.366. The Kier molecular flexibility index (Phi) is 5.81. The Balaban J connectivity index is 1.86. The van der Waals surface area contributed by atoms with Crippen molar-refractivity contribution in [3.63, 3.8) is 0 Å². The summed E-state index contributed by atoms with van der Waals surface area (Å²) < 4.78 is 2.39. The number of benzene rings is 1. The van der Waals surface area contributed by atoms with Gasteiger partial charge >= 0.3 is 0 Å². The minimum Gasteiger partial charge on any atom is -0.346 e. The molecule has 0 atom stereocenters. The third kappa shape index (κ3) is 4.14. The van der Waals surface area contributed by atoms with E-state index in [1.165, 1.54) is 37.8 Å². The zero-order valence-electron chi connectivity index (χ0n) is 16.4. The minimum atomic E-state index is -0.366. The molecule has 1 amide bonds. The van der Waals surface area contributed by atoms with Crippen molar-refractivity contribution in [2.24, 2.45) is 0 Å². The molecule has 1 aliphatic rings. The van der Waals surface area contributed by atoms with Gasteiger partial charge in [-0.2, -0.15) is 5.26 Å². The van der Waals surface area contributed by atoms with Crippen molar-refractivity contribution in [2.45, 2.75) is 58.9 Å². The summed E-state index contributed by atoms with van der Waals surface area (Å²) in [4.78, 5) is 12.6. The number of carbonyl (C=O) groups excluding carboxylic acids is 1. The van der Waals surface area contributed by atoms with E-state index in [1.54, 1.807) is 6.08 Å². The highest BCUT2D eigenvalue weighted by molar-refractivity contribution is 6.10. The molecule has 3 rings (SSSR count). The molecule has 1 heterocycles. The lowest BCUT2D eigenvalue weighted by atomic mass is 9.95. The molecule has 4 heteroatoms. The van der Waals surface area contributed by atoms with Crippen molar-refractivity contribution < 1.29 is 4.79 Å². The largest absolute Gasteiger partial charge is 0.346 e. The standard InChI is InChI=1S/C23H27N3O/c1-16-9-7-8-12-22(16)25-23(27)20(15-24)14-19-13-17(2)26(18(19)3)21-10-5-4-6-11-21/h7-9,12-14,21H,4-6,10-11H2,1-3H3,(H,25,27). The Morgan fingerprint density at radius 3 is 2.56 bits per heavy atom. The highest BCUT2D eigenvalue weighted by Crippen LogP contribution is 2.32. The number of hydrogen-bond acceptors (Lipinski definition) is 2. The van der Waals surface area contributed by atoms with Crippen LogP contribution in [0.25, 0.3) is 6.08 Å². The van der Waals surface area contributed by atoms with Crippen LogP contribution in [-0.2, 0) is 4.79 Å². The normalized spacial score (nSPS) is 15.4. The molecular weight excluding hydrogens is 334 g/mol. The number of rotatable bonds is 4. The predicted octanol–water partition coefficient (Wildman–Crippen LogP) is 5.46. The average Bonchev–Trinajstić information content (AvgIpc) is 2.95. The maximum absolute atomic E-state index is 12.6. The maximum atomic E-state index is 12.6. The number of aromatic nitrogens is 1. The molecule has 1 fully saturated rings. The van der Waals surface area contributed by atoms with Gasteiger partial charge in [0.1, 0.15) is 11.6 Å². The number of carbonyl (C=O) groups is 1. The number of nitriles is 1. The van der Waals surface area contributed by atoms with Gasteiger partial charge in [0.05, 0.1) is 0 Å². The first-order valence-electron chi connectivity index (χ1n) is 9.68. The van der Waals surface area contributed by atoms with E-state index in [4.69, 9.17) is 0 Å². The zero-order valence-corrected chi connectivity index (χ0v) is 16.4. The second-order valence-electron chi connectivity index (χ2n) is 7.43. The Morgan fingerprint density at radius 1 is 1.19 bits per heavy atom. The van der Waals surface area contributed by atoms with E-state index < -0.39 is 0 Å². The number of anilines is 1. The first-order valence-corrected chi connectivity index (χ1v) is 9.68. The summed E-state index contributed by atoms with van der Waals surface area (Å²) in [5.41, 5.74) is 5.12. The van der Waals surface area contributed by atoms with E-state index in [1.807, 2.05) is 31.2 Å². The maximum Gasteiger partial charge on any atom is 0.266 e. The number of hydrogen-bond donors (Lipinski definition) is 1. The van der Waals surface area contributed by atoms with Gasteiger partial charge in [0.2, 0.25) is 0 Å².